The molecular formula is C10H5F5N2O. The third-order valence-corrected chi connectivity index (χ3v) is 2.14. The van der Waals surface area contributed by atoms with Crippen molar-refractivity contribution in [2.45, 2.75) is 6.54 Å². The summed E-state index contributed by atoms with van der Waals surface area (Å²) in [5, 5.41) is 5.38. The minimum atomic E-state index is -2.20. The Bertz CT molecular complexity index is 541. The standard InChI is InChI=1S/C10H5F5N2O/c11-5-6(12)8(14)10(9(15)7(5)13)16-3-4-1-2-17-18-4/h1-2,16H,3H2. The molecule has 8 heteroatoms. The van der Waals surface area contributed by atoms with E-state index in [1.54, 1.807) is 0 Å². The number of hydrogen-bond donors (Lipinski definition) is 1. The molecule has 0 aliphatic carbocycles. The number of hydrogen-bond acceptors (Lipinski definition) is 3. The van der Waals surface area contributed by atoms with Crippen LogP contribution in [0.4, 0.5) is 27.6 Å². The van der Waals surface area contributed by atoms with E-state index in [1.165, 1.54) is 12.3 Å². The first-order chi connectivity index (χ1) is 8.52. The van der Waals surface area contributed by atoms with Gasteiger partial charge in [0.25, 0.3) is 0 Å². The zero-order valence-corrected chi connectivity index (χ0v) is 8.61. The molecule has 0 atom stereocenters. The molecule has 0 unspecified atom stereocenters. The Kier molecular flexibility index (Phi) is 3.17. The van der Waals surface area contributed by atoms with Crippen molar-refractivity contribution in [2.75, 3.05) is 5.32 Å². The molecule has 1 heterocycles. The highest BCUT2D eigenvalue weighted by Gasteiger charge is 2.25. The Morgan fingerprint density at radius 1 is 0.944 bits per heavy atom. The molecule has 1 aromatic carbocycles. The van der Waals surface area contributed by atoms with Crippen molar-refractivity contribution >= 4 is 5.69 Å². The average molecular weight is 264 g/mol. The van der Waals surface area contributed by atoms with Gasteiger partial charge in [-0.25, -0.2) is 22.0 Å². The summed E-state index contributed by atoms with van der Waals surface area (Å²) in [6.45, 7) is -0.266. The third kappa shape index (κ3) is 2.01. The van der Waals surface area contributed by atoms with Gasteiger partial charge in [0.15, 0.2) is 29.0 Å². The molecule has 0 aliphatic rings. The van der Waals surface area contributed by atoms with E-state index in [-0.39, 0.29) is 12.3 Å². The lowest BCUT2D eigenvalue weighted by Gasteiger charge is -2.09. The van der Waals surface area contributed by atoms with Crippen LogP contribution in [-0.4, -0.2) is 5.16 Å². The van der Waals surface area contributed by atoms with Gasteiger partial charge in [-0.2, -0.15) is 0 Å². The van der Waals surface area contributed by atoms with E-state index in [2.05, 4.69) is 15.0 Å². The van der Waals surface area contributed by atoms with Gasteiger partial charge in [0, 0.05) is 6.07 Å². The van der Waals surface area contributed by atoms with Crippen molar-refractivity contribution in [1.29, 1.82) is 0 Å². The van der Waals surface area contributed by atoms with Crippen LogP contribution in [0.5, 0.6) is 0 Å². The Balaban J connectivity index is 2.33. The summed E-state index contributed by atoms with van der Waals surface area (Å²) in [6, 6.07) is 1.37. The van der Waals surface area contributed by atoms with E-state index in [0.29, 0.717) is 0 Å². The van der Waals surface area contributed by atoms with Crippen LogP contribution in [0.25, 0.3) is 0 Å². The molecule has 0 radical (unpaired) electrons. The maximum Gasteiger partial charge on any atom is 0.200 e. The molecule has 2 aromatic rings. The van der Waals surface area contributed by atoms with Crippen molar-refractivity contribution in [3.05, 3.63) is 47.1 Å². The zero-order valence-electron chi connectivity index (χ0n) is 8.61. The van der Waals surface area contributed by atoms with Gasteiger partial charge in [-0.15, -0.1) is 0 Å². The largest absolute Gasteiger partial charge is 0.373 e. The minimum Gasteiger partial charge on any atom is -0.373 e. The van der Waals surface area contributed by atoms with E-state index in [4.69, 9.17) is 0 Å². The van der Waals surface area contributed by atoms with E-state index >= 15 is 0 Å². The van der Waals surface area contributed by atoms with Crippen molar-refractivity contribution in [3.63, 3.8) is 0 Å². The smallest absolute Gasteiger partial charge is 0.200 e. The third-order valence-electron chi connectivity index (χ3n) is 2.14. The highest BCUT2D eigenvalue weighted by atomic mass is 19.2. The maximum absolute atomic E-state index is 13.2. The number of rotatable bonds is 3. The van der Waals surface area contributed by atoms with Gasteiger partial charge in [0.05, 0.1) is 12.7 Å². The van der Waals surface area contributed by atoms with E-state index in [9.17, 15) is 22.0 Å². The van der Waals surface area contributed by atoms with Gasteiger partial charge in [0.2, 0.25) is 5.82 Å². The second kappa shape index (κ2) is 4.63. The van der Waals surface area contributed by atoms with Crippen molar-refractivity contribution in [2.24, 2.45) is 0 Å². The predicted octanol–water partition coefficient (Wildman–Crippen LogP) is 2.98. The van der Waals surface area contributed by atoms with E-state index in [0.717, 1.165) is 0 Å². The molecule has 1 N–H and O–H groups in total. The monoisotopic (exact) mass is 264 g/mol. The van der Waals surface area contributed by atoms with Gasteiger partial charge < -0.3 is 9.84 Å². The van der Waals surface area contributed by atoms with Crippen LogP contribution >= 0.6 is 0 Å². The summed E-state index contributed by atoms with van der Waals surface area (Å²) < 4.78 is 69.4. The van der Waals surface area contributed by atoms with Crippen LogP contribution in [0, 0.1) is 29.1 Å². The highest BCUT2D eigenvalue weighted by Crippen LogP contribution is 2.27. The summed E-state index contributed by atoms with van der Waals surface area (Å²) in [5.74, 6) is -9.88. The predicted molar refractivity (Wildman–Crippen MR) is 50.1 cm³/mol. The summed E-state index contributed by atoms with van der Waals surface area (Å²) in [7, 11) is 0. The van der Waals surface area contributed by atoms with Gasteiger partial charge in [-0.05, 0) is 0 Å². The lowest BCUT2D eigenvalue weighted by molar-refractivity contribution is 0.377. The van der Waals surface area contributed by atoms with E-state index in [1.807, 2.05) is 0 Å². The topological polar surface area (TPSA) is 38.1 Å². The Morgan fingerprint density at radius 2 is 1.50 bits per heavy atom. The van der Waals surface area contributed by atoms with Crippen LogP contribution in [-0.2, 0) is 6.54 Å². The number of halogens is 5. The van der Waals surface area contributed by atoms with Gasteiger partial charge in [0.1, 0.15) is 5.69 Å². The fourth-order valence-electron chi connectivity index (χ4n) is 1.27. The normalized spacial score (nSPS) is 10.7. The first-order valence-electron chi connectivity index (χ1n) is 4.67. The average Bonchev–Trinajstić information content (AvgIpc) is 2.87. The van der Waals surface area contributed by atoms with Crippen LogP contribution in [0.3, 0.4) is 0 Å². The summed E-state index contributed by atoms with van der Waals surface area (Å²) in [5.41, 5.74) is -1.11. The summed E-state index contributed by atoms with van der Waals surface area (Å²) >= 11 is 0. The number of nitrogens with one attached hydrogen (secondary N) is 1. The van der Waals surface area contributed by atoms with Gasteiger partial charge >= 0.3 is 0 Å². The molecule has 0 fully saturated rings. The van der Waals surface area contributed by atoms with Crippen molar-refractivity contribution < 1.29 is 26.5 Å². The molecule has 0 amide bonds. The SMILES string of the molecule is Fc1c(F)c(F)c(NCc2ccno2)c(F)c1F. The zero-order chi connectivity index (χ0) is 13.3. The fraction of sp³-hybridized carbons (Fsp3) is 0.100. The maximum atomic E-state index is 13.2. The van der Waals surface area contributed by atoms with Gasteiger partial charge in [-0.3, -0.25) is 0 Å². The van der Waals surface area contributed by atoms with Crippen LogP contribution in [0.1, 0.15) is 5.76 Å². The molecule has 2 rings (SSSR count). The number of benzene rings is 1. The molecule has 0 saturated carbocycles. The fourth-order valence-corrected chi connectivity index (χ4v) is 1.27. The molecule has 0 spiro atoms. The number of anilines is 1. The van der Waals surface area contributed by atoms with Crippen molar-refractivity contribution in [1.82, 2.24) is 5.16 Å². The lowest BCUT2D eigenvalue weighted by Crippen LogP contribution is -2.09. The number of nitrogens with zero attached hydrogens (tertiary/aromatic N) is 1. The molecule has 96 valence electrons. The Morgan fingerprint density at radius 3 is 2.00 bits per heavy atom. The lowest BCUT2D eigenvalue weighted by atomic mass is 10.2. The summed E-state index contributed by atoms with van der Waals surface area (Å²) in [6.07, 6.45) is 1.27. The Labute approximate surface area is 97.2 Å². The quantitative estimate of drug-likeness (QED) is 0.526. The second-order valence-corrected chi connectivity index (χ2v) is 3.28. The molecule has 0 saturated heterocycles. The molecular weight excluding hydrogens is 259 g/mol. The first-order valence-corrected chi connectivity index (χ1v) is 4.67. The van der Waals surface area contributed by atoms with Gasteiger partial charge in [-0.1, -0.05) is 5.16 Å². The first kappa shape index (κ1) is 12.3. The number of aromatic nitrogens is 1. The molecule has 18 heavy (non-hydrogen) atoms. The molecule has 0 aliphatic heterocycles. The van der Waals surface area contributed by atoms with Crippen LogP contribution in [0.15, 0.2) is 16.8 Å². The molecule has 0 bridgehead atoms. The van der Waals surface area contributed by atoms with Crippen LogP contribution < -0.4 is 5.32 Å². The van der Waals surface area contributed by atoms with Crippen LogP contribution in [0.2, 0.25) is 0 Å². The summed E-state index contributed by atoms with van der Waals surface area (Å²) in [4.78, 5) is 0. The second-order valence-electron chi connectivity index (χ2n) is 3.28. The Hall–Kier alpha value is -2.12. The van der Waals surface area contributed by atoms with Crippen molar-refractivity contribution in [3.8, 4) is 0 Å². The highest BCUT2D eigenvalue weighted by molar-refractivity contribution is 5.47. The van der Waals surface area contributed by atoms with E-state index < -0.39 is 34.8 Å². The molecule has 1 aromatic heterocycles. The minimum absolute atomic E-state index is 0.180. The molecule has 3 nitrogen and oxygen atoms in total.